The molecule has 1 aromatic heterocycles. The number of nitrogens with zero attached hydrogens (tertiary/aromatic N) is 3. The van der Waals surface area contributed by atoms with Crippen molar-refractivity contribution < 1.29 is 9.66 Å². The van der Waals surface area contributed by atoms with E-state index in [1.54, 1.807) is 17.0 Å². The summed E-state index contributed by atoms with van der Waals surface area (Å²) in [5.74, 6) is 0.474. The maximum Gasteiger partial charge on any atom is 0.273 e. The lowest BCUT2D eigenvalue weighted by Crippen LogP contribution is -2.08. The maximum absolute atomic E-state index is 10.8. The second kappa shape index (κ2) is 5.09. The number of hydrogen-bond donors (Lipinski definition) is 0. The summed E-state index contributed by atoms with van der Waals surface area (Å²) in [7, 11) is 0. The summed E-state index contributed by atoms with van der Waals surface area (Å²) in [6.07, 6.45) is 3.43. The average Bonchev–Trinajstić information content (AvgIpc) is 2.74. The molecule has 0 aliphatic carbocycles. The van der Waals surface area contributed by atoms with E-state index in [-0.39, 0.29) is 11.8 Å². The van der Waals surface area contributed by atoms with Crippen molar-refractivity contribution in [2.24, 2.45) is 0 Å². The first-order chi connectivity index (χ1) is 8.97. The van der Waals surface area contributed by atoms with E-state index in [2.05, 4.69) is 4.98 Å². The maximum atomic E-state index is 10.8. The lowest BCUT2D eigenvalue weighted by atomic mass is 10.2. The molecule has 6 nitrogen and oxygen atoms in total. The zero-order valence-corrected chi connectivity index (χ0v) is 11.0. The van der Waals surface area contributed by atoms with Gasteiger partial charge in [0.15, 0.2) is 5.75 Å². The highest BCUT2D eigenvalue weighted by Crippen LogP contribution is 2.29. The van der Waals surface area contributed by atoms with Gasteiger partial charge in [-0.3, -0.25) is 10.1 Å². The smallest absolute Gasteiger partial charge is 0.273 e. The summed E-state index contributed by atoms with van der Waals surface area (Å²) in [4.78, 5) is 14.5. The normalized spacial score (nSPS) is 10.7. The highest BCUT2D eigenvalue weighted by molar-refractivity contribution is 5.53. The van der Waals surface area contributed by atoms with Gasteiger partial charge in [-0.25, -0.2) is 4.98 Å². The van der Waals surface area contributed by atoms with E-state index in [4.69, 9.17) is 4.74 Å². The van der Waals surface area contributed by atoms with E-state index >= 15 is 0 Å². The van der Waals surface area contributed by atoms with Crippen molar-refractivity contribution in [1.82, 2.24) is 9.55 Å². The summed E-state index contributed by atoms with van der Waals surface area (Å²) in [5.41, 5.74) is 1.62. The van der Waals surface area contributed by atoms with Crippen LogP contribution in [0.15, 0.2) is 30.7 Å². The number of benzene rings is 1. The number of rotatable bonds is 4. The Morgan fingerprint density at radius 3 is 2.68 bits per heavy atom. The molecule has 6 heteroatoms. The predicted octanol–water partition coefficient (Wildman–Crippen LogP) is 2.88. The molecule has 0 unspecified atom stereocenters. The average molecular weight is 261 g/mol. The molecule has 0 atom stereocenters. The molecule has 1 heterocycles. The minimum atomic E-state index is -0.434. The van der Waals surface area contributed by atoms with Gasteiger partial charge in [-0.2, -0.15) is 0 Å². The van der Waals surface area contributed by atoms with Crippen LogP contribution in [0.2, 0.25) is 0 Å². The molecule has 0 aliphatic rings. The topological polar surface area (TPSA) is 70.2 Å². The van der Waals surface area contributed by atoms with Crippen LogP contribution in [0, 0.1) is 17.0 Å². The number of ether oxygens (including phenoxy) is 1. The van der Waals surface area contributed by atoms with Crippen molar-refractivity contribution in [3.05, 3.63) is 46.5 Å². The van der Waals surface area contributed by atoms with Gasteiger partial charge in [-0.15, -0.1) is 0 Å². The zero-order chi connectivity index (χ0) is 14.0. The largest absolute Gasteiger partial charge is 0.489 e. The molecule has 0 fully saturated rings. The van der Waals surface area contributed by atoms with Crippen LogP contribution in [-0.2, 0) is 0 Å². The van der Waals surface area contributed by atoms with Crippen LogP contribution in [0.3, 0.4) is 0 Å². The van der Waals surface area contributed by atoms with E-state index < -0.39 is 4.92 Å². The van der Waals surface area contributed by atoms with Gasteiger partial charge in [0.2, 0.25) is 0 Å². The first-order valence-electron chi connectivity index (χ1n) is 5.93. The van der Waals surface area contributed by atoms with Crippen LogP contribution in [0.1, 0.15) is 19.5 Å². The van der Waals surface area contributed by atoms with Crippen molar-refractivity contribution in [3.63, 3.8) is 0 Å². The van der Waals surface area contributed by atoms with Gasteiger partial charge >= 0.3 is 0 Å². The fourth-order valence-electron chi connectivity index (χ4n) is 1.73. The Morgan fingerprint density at radius 2 is 2.16 bits per heavy atom. The Morgan fingerprint density at radius 1 is 1.42 bits per heavy atom. The van der Waals surface area contributed by atoms with E-state index in [1.807, 2.05) is 27.0 Å². The second-order valence-corrected chi connectivity index (χ2v) is 4.50. The molecule has 0 spiro atoms. The Hall–Kier alpha value is -2.37. The van der Waals surface area contributed by atoms with Crippen LogP contribution >= 0.6 is 0 Å². The van der Waals surface area contributed by atoms with E-state index in [9.17, 15) is 10.1 Å². The quantitative estimate of drug-likeness (QED) is 0.626. The summed E-state index contributed by atoms with van der Waals surface area (Å²) in [5, 5.41) is 10.8. The Bertz CT molecular complexity index is 605. The highest BCUT2D eigenvalue weighted by atomic mass is 16.6. The predicted molar refractivity (Wildman–Crippen MR) is 70.7 cm³/mol. The number of nitro groups is 1. The van der Waals surface area contributed by atoms with Crippen LogP contribution < -0.4 is 4.74 Å². The van der Waals surface area contributed by atoms with Crippen LogP contribution in [0.5, 0.6) is 5.75 Å². The highest BCUT2D eigenvalue weighted by Gasteiger charge is 2.14. The summed E-state index contributed by atoms with van der Waals surface area (Å²) in [6.45, 7) is 5.63. The van der Waals surface area contributed by atoms with Crippen molar-refractivity contribution >= 4 is 5.69 Å². The zero-order valence-electron chi connectivity index (χ0n) is 11.0. The summed E-state index contributed by atoms with van der Waals surface area (Å²) >= 11 is 0. The molecule has 0 radical (unpaired) electrons. The van der Waals surface area contributed by atoms with Crippen molar-refractivity contribution in [3.8, 4) is 11.4 Å². The standard InChI is InChI=1S/C13H15N3O3/c1-9(2)19-13-6-11(16(17)18)4-5-12(13)15-7-10(3)14-8-15/h4-9H,1-3H3. The Kier molecular flexibility index (Phi) is 3.50. The molecule has 19 heavy (non-hydrogen) atoms. The Labute approximate surface area is 110 Å². The lowest BCUT2D eigenvalue weighted by molar-refractivity contribution is -0.384. The number of non-ortho nitro benzene ring substituents is 1. The fourth-order valence-corrected chi connectivity index (χ4v) is 1.73. The number of aryl methyl sites for hydroxylation is 1. The first-order valence-corrected chi connectivity index (χ1v) is 5.93. The molecule has 1 aromatic carbocycles. The van der Waals surface area contributed by atoms with Gasteiger partial charge in [0.25, 0.3) is 5.69 Å². The van der Waals surface area contributed by atoms with Crippen molar-refractivity contribution in [2.75, 3.05) is 0 Å². The van der Waals surface area contributed by atoms with E-state index in [1.165, 1.54) is 12.1 Å². The minimum absolute atomic E-state index is 0.0104. The molecule has 0 aliphatic heterocycles. The third kappa shape index (κ3) is 2.90. The first kappa shape index (κ1) is 13.1. The van der Waals surface area contributed by atoms with Crippen LogP contribution in [0.25, 0.3) is 5.69 Å². The van der Waals surface area contributed by atoms with Gasteiger partial charge in [0.1, 0.15) is 0 Å². The summed E-state index contributed by atoms with van der Waals surface area (Å²) < 4.78 is 7.44. The molecular formula is C13H15N3O3. The van der Waals surface area contributed by atoms with Crippen molar-refractivity contribution in [1.29, 1.82) is 0 Å². The van der Waals surface area contributed by atoms with Crippen LogP contribution in [0.4, 0.5) is 5.69 Å². The molecule has 0 saturated heterocycles. The molecule has 0 N–H and O–H groups in total. The molecular weight excluding hydrogens is 246 g/mol. The molecule has 0 bridgehead atoms. The SMILES string of the molecule is Cc1cn(-c2ccc([N+](=O)[O-])cc2OC(C)C)cn1. The van der Waals surface area contributed by atoms with Crippen molar-refractivity contribution in [2.45, 2.75) is 26.9 Å². The Balaban J connectivity index is 2.50. The molecule has 0 saturated carbocycles. The van der Waals surface area contributed by atoms with Gasteiger partial charge < -0.3 is 9.30 Å². The summed E-state index contributed by atoms with van der Waals surface area (Å²) in [6, 6.07) is 4.56. The number of nitro benzene ring substituents is 1. The van der Waals surface area contributed by atoms with Gasteiger partial charge in [-0.1, -0.05) is 0 Å². The third-order valence-electron chi connectivity index (χ3n) is 2.51. The number of aromatic nitrogens is 2. The number of imidazole rings is 1. The third-order valence-corrected chi connectivity index (χ3v) is 2.51. The number of hydrogen-bond acceptors (Lipinski definition) is 4. The van der Waals surface area contributed by atoms with Gasteiger partial charge in [-0.05, 0) is 26.8 Å². The molecule has 0 amide bonds. The van der Waals surface area contributed by atoms with E-state index in [0.29, 0.717) is 5.75 Å². The lowest BCUT2D eigenvalue weighted by Gasteiger charge is -2.14. The second-order valence-electron chi connectivity index (χ2n) is 4.50. The minimum Gasteiger partial charge on any atom is -0.489 e. The van der Waals surface area contributed by atoms with Gasteiger partial charge in [0.05, 0.1) is 34.8 Å². The molecule has 2 rings (SSSR count). The monoisotopic (exact) mass is 261 g/mol. The van der Waals surface area contributed by atoms with Crippen LogP contribution in [-0.4, -0.2) is 20.6 Å². The van der Waals surface area contributed by atoms with E-state index in [0.717, 1.165) is 11.4 Å². The van der Waals surface area contributed by atoms with Gasteiger partial charge in [0, 0.05) is 12.3 Å². The molecule has 2 aromatic rings. The fraction of sp³-hybridized carbons (Fsp3) is 0.308. The molecule has 100 valence electrons.